The van der Waals surface area contributed by atoms with Gasteiger partial charge < -0.3 is 14.7 Å². The van der Waals surface area contributed by atoms with Crippen LogP contribution in [0.3, 0.4) is 0 Å². The lowest BCUT2D eigenvalue weighted by Gasteiger charge is -2.36. The summed E-state index contributed by atoms with van der Waals surface area (Å²) in [7, 11) is 0. The fourth-order valence-corrected chi connectivity index (χ4v) is 5.16. The van der Waals surface area contributed by atoms with Crippen LogP contribution in [0.5, 0.6) is 0 Å². The molecule has 7 nitrogen and oxygen atoms in total. The van der Waals surface area contributed by atoms with Crippen molar-refractivity contribution < 1.29 is 4.79 Å². The van der Waals surface area contributed by atoms with Gasteiger partial charge in [-0.3, -0.25) is 4.79 Å². The van der Waals surface area contributed by atoms with E-state index in [2.05, 4.69) is 43.0 Å². The Morgan fingerprint density at radius 2 is 1.80 bits per heavy atom. The van der Waals surface area contributed by atoms with Crippen molar-refractivity contribution in [2.75, 3.05) is 49.1 Å². The van der Waals surface area contributed by atoms with Crippen LogP contribution in [0.4, 0.5) is 11.5 Å². The molecule has 2 fully saturated rings. The number of anilines is 2. The van der Waals surface area contributed by atoms with Gasteiger partial charge in [-0.15, -0.1) is 11.3 Å². The van der Waals surface area contributed by atoms with Crippen LogP contribution < -0.4 is 9.80 Å². The number of hydrogen-bond acceptors (Lipinski definition) is 7. The van der Waals surface area contributed by atoms with Crippen LogP contribution in [0.1, 0.15) is 22.7 Å². The van der Waals surface area contributed by atoms with E-state index in [0.29, 0.717) is 6.42 Å². The first kappa shape index (κ1) is 19.2. The van der Waals surface area contributed by atoms with Crippen molar-refractivity contribution in [3.63, 3.8) is 0 Å². The highest BCUT2D eigenvalue weighted by molar-refractivity contribution is 7.11. The summed E-state index contributed by atoms with van der Waals surface area (Å²) in [5.41, 5.74) is 2.17. The summed E-state index contributed by atoms with van der Waals surface area (Å²) in [6.45, 7) is 7.28. The molecule has 30 heavy (non-hydrogen) atoms. The predicted molar refractivity (Wildman–Crippen MR) is 120 cm³/mol. The zero-order chi connectivity index (χ0) is 20.5. The molecule has 2 aliphatic rings. The maximum Gasteiger partial charge on any atom is 0.228 e. The van der Waals surface area contributed by atoms with Crippen LogP contribution in [-0.4, -0.2) is 65.0 Å². The monoisotopic (exact) mass is 422 g/mol. The van der Waals surface area contributed by atoms with E-state index in [9.17, 15) is 4.79 Å². The number of piperazine rings is 1. The van der Waals surface area contributed by atoms with Gasteiger partial charge in [-0.2, -0.15) is 0 Å². The minimum absolute atomic E-state index is 0.196. The molecule has 2 aromatic heterocycles. The molecule has 0 aliphatic carbocycles. The summed E-state index contributed by atoms with van der Waals surface area (Å²) in [6, 6.07) is 6.46. The van der Waals surface area contributed by atoms with Gasteiger partial charge in [0.2, 0.25) is 5.91 Å². The zero-order valence-corrected chi connectivity index (χ0v) is 18.1. The smallest absolute Gasteiger partial charge is 0.228 e. The number of benzene rings is 1. The van der Waals surface area contributed by atoms with Crippen molar-refractivity contribution in [1.29, 1.82) is 0 Å². The molecule has 4 heterocycles. The average molecular weight is 423 g/mol. The molecule has 2 saturated heterocycles. The molecule has 156 valence electrons. The number of carbonyl (C=O) groups is 1. The Kier molecular flexibility index (Phi) is 5.25. The maximum absolute atomic E-state index is 12.7. The predicted octanol–water partition coefficient (Wildman–Crippen LogP) is 2.89. The van der Waals surface area contributed by atoms with Crippen molar-refractivity contribution in [3.05, 3.63) is 40.6 Å². The number of nitrogens with zero attached hydrogens (tertiary/aromatic N) is 6. The number of thiazole rings is 1. The van der Waals surface area contributed by atoms with E-state index in [4.69, 9.17) is 0 Å². The molecule has 0 spiro atoms. The van der Waals surface area contributed by atoms with Gasteiger partial charge in [0.1, 0.15) is 12.1 Å². The fourth-order valence-electron chi connectivity index (χ4n) is 4.37. The van der Waals surface area contributed by atoms with E-state index in [1.165, 1.54) is 18.5 Å². The number of fused-ring (bicyclic) bond motifs is 1. The summed E-state index contributed by atoms with van der Waals surface area (Å²) in [4.78, 5) is 33.7. The maximum atomic E-state index is 12.7. The number of hydrogen-bond donors (Lipinski definition) is 0. The summed E-state index contributed by atoms with van der Waals surface area (Å²) >= 11 is 1.61. The molecule has 0 atom stereocenters. The van der Waals surface area contributed by atoms with Gasteiger partial charge >= 0.3 is 0 Å². The number of rotatable bonds is 4. The molecule has 0 saturated carbocycles. The van der Waals surface area contributed by atoms with E-state index >= 15 is 0 Å². The summed E-state index contributed by atoms with van der Waals surface area (Å²) in [5.74, 6) is 1.24. The number of amides is 1. The van der Waals surface area contributed by atoms with Crippen LogP contribution in [0.2, 0.25) is 0 Å². The Balaban J connectivity index is 1.28. The molecular formula is C22H26N6OS. The van der Waals surface area contributed by atoms with Gasteiger partial charge in [-0.25, -0.2) is 15.0 Å². The Bertz CT molecular complexity index is 1050. The number of carbonyl (C=O) groups excluding carboxylic acids is 1. The first-order chi connectivity index (χ1) is 14.7. The number of aromatic nitrogens is 3. The largest absolute Gasteiger partial charge is 0.368 e. The van der Waals surface area contributed by atoms with E-state index in [-0.39, 0.29) is 5.91 Å². The van der Waals surface area contributed by atoms with Crippen molar-refractivity contribution in [1.82, 2.24) is 19.9 Å². The van der Waals surface area contributed by atoms with Gasteiger partial charge in [0.15, 0.2) is 0 Å². The third-order valence-electron chi connectivity index (χ3n) is 6.00. The SMILES string of the molecule is Cc1ncc(CC(=O)N2CCN(c3ccc4ncnc(N5CCCC5)c4c3)CC2)s1. The standard InChI is InChI=1S/C22H26N6OS/c1-16-23-14-18(30-16)13-21(29)27-10-8-26(9-11-27)17-4-5-20-19(12-17)22(25-15-24-20)28-6-2-3-7-28/h4-5,12,14-15H,2-3,6-11,13H2,1H3. The van der Waals surface area contributed by atoms with Crippen LogP contribution in [0, 0.1) is 6.92 Å². The lowest BCUT2D eigenvalue weighted by molar-refractivity contribution is -0.130. The lowest BCUT2D eigenvalue weighted by atomic mass is 10.1. The van der Waals surface area contributed by atoms with Crippen molar-refractivity contribution >= 4 is 39.7 Å². The van der Waals surface area contributed by atoms with E-state index in [0.717, 1.165) is 65.9 Å². The van der Waals surface area contributed by atoms with Crippen molar-refractivity contribution in [2.24, 2.45) is 0 Å². The molecule has 0 N–H and O–H groups in total. The zero-order valence-electron chi connectivity index (χ0n) is 17.3. The fraction of sp³-hybridized carbons (Fsp3) is 0.455. The average Bonchev–Trinajstić information content (AvgIpc) is 3.45. The van der Waals surface area contributed by atoms with Crippen LogP contribution >= 0.6 is 11.3 Å². The first-order valence-corrected chi connectivity index (χ1v) is 11.4. The second kappa shape index (κ2) is 8.18. The van der Waals surface area contributed by atoms with Crippen molar-refractivity contribution in [3.8, 4) is 0 Å². The summed E-state index contributed by atoms with van der Waals surface area (Å²) in [5, 5.41) is 2.13. The molecule has 0 bridgehead atoms. The molecule has 2 aliphatic heterocycles. The lowest BCUT2D eigenvalue weighted by Crippen LogP contribution is -2.49. The molecule has 0 radical (unpaired) electrons. The van der Waals surface area contributed by atoms with E-state index in [1.807, 2.05) is 18.0 Å². The third kappa shape index (κ3) is 3.84. The van der Waals surface area contributed by atoms with Crippen LogP contribution in [0.15, 0.2) is 30.7 Å². The molecule has 0 unspecified atom stereocenters. The van der Waals surface area contributed by atoms with Crippen molar-refractivity contribution in [2.45, 2.75) is 26.2 Å². The van der Waals surface area contributed by atoms with Gasteiger partial charge in [0.25, 0.3) is 0 Å². The van der Waals surface area contributed by atoms with E-state index in [1.54, 1.807) is 17.7 Å². The Morgan fingerprint density at radius 3 is 2.53 bits per heavy atom. The molecule has 1 amide bonds. The first-order valence-electron chi connectivity index (χ1n) is 10.6. The third-order valence-corrected chi connectivity index (χ3v) is 6.91. The second-order valence-corrected chi connectivity index (χ2v) is 9.30. The Morgan fingerprint density at radius 1 is 1.00 bits per heavy atom. The quantitative estimate of drug-likeness (QED) is 0.644. The van der Waals surface area contributed by atoms with Gasteiger partial charge in [-0.05, 0) is 38.0 Å². The van der Waals surface area contributed by atoms with Gasteiger partial charge in [-0.1, -0.05) is 0 Å². The molecule has 3 aromatic rings. The number of aryl methyl sites for hydroxylation is 1. The minimum atomic E-state index is 0.196. The second-order valence-electron chi connectivity index (χ2n) is 7.98. The normalized spacial score (nSPS) is 17.2. The summed E-state index contributed by atoms with van der Waals surface area (Å²) in [6.07, 6.45) is 6.40. The Labute approximate surface area is 180 Å². The highest BCUT2D eigenvalue weighted by Crippen LogP contribution is 2.30. The topological polar surface area (TPSA) is 65.5 Å². The van der Waals surface area contributed by atoms with Crippen LogP contribution in [-0.2, 0) is 11.2 Å². The summed E-state index contributed by atoms with van der Waals surface area (Å²) < 4.78 is 0. The molecular weight excluding hydrogens is 396 g/mol. The van der Waals surface area contributed by atoms with Gasteiger partial charge in [0.05, 0.1) is 16.9 Å². The highest BCUT2D eigenvalue weighted by Gasteiger charge is 2.23. The minimum Gasteiger partial charge on any atom is -0.368 e. The molecule has 5 rings (SSSR count). The van der Waals surface area contributed by atoms with Gasteiger partial charge in [0, 0.05) is 61.4 Å². The highest BCUT2D eigenvalue weighted by atomic mass is 32.1. The van der Waals surface area contributed by atoms with E-state index < -0.39 is 0 Å². The molecule has 1 aromatic carbocycles. The molecule has 8 heteroatoms. The Hall–Kier alpha value is -2.74. The van der Waals surface area contributed by atoms with Crippen LogP contribution in [0.25, 0.3) is 10.9 Å².